The molecule has 3 N–H and O–H groups in total. The third kappa shape index (κ3) is 4.70. The van der Waals surface area contributed by atoms with E-state index in [1.807, 2.05) is 48.5 Å². The van der Waals surface area contributed by atoms with Crippen LogP contribution in [0.4, 0.5) is 0 Å². The van der Waals surface area contributed by atoms with Crippen molar-refractivity contribution < 1.29 is 14.5 Å². The Hall–Kier alpha value is -2.41. The normalized spacial score (nSPS) is 19.6. The van der Waals surface area contributed by atoms with Crippen molar-refractivity contribution in [3.8, 4) is 5.75 Å². The predicted octanol–water partition coefficient (Wildman–Crippen LogP) is -0.0611. The van der Waals surface area contributed by atoms with Crippen molar-refractivity contribution >= 4 is 22.5 Å². The van der Waals surface area contributed by atoms with Gasteiger partial charge in [-0.1, -0.05) is 23.7 Å². The van der Waals surface area contributed by atoms with E-state index in [1.165, 1.54) is 4.90 Å². The Morgan fingerprint density at radius 3 is 2.50 bits per heavy atom. The number of hydrogen-bond donors (Lipinski definition) is 3. The zero-order valence-electron chi connectivity index (χ0n) is 15.7. The summed E-state index contributed by atoms with van der Waals surface area (Å²) in [5.74, 6) is 1.63. The van der Waals surface area contributed by atoms with Gasteiger partial charge in [0.1, 0.15) is 51.6 Å². The highest BCUT2D eigenvalue weighted by Crippen LogP contribution is 2.14. The Morgan fingerprint density at radius 2 is 1.71 bits per heavy atom. The molecule has 0 aliphatic carbocycles. The van der Waals surface area contributed by atoms with Crippen molar-refractivity contribution in [2.45, 2.75) is 6.54 Å². The van der Waals surface area contributed by atoms with Crippen molar-refractivity contribution in [2.24, 2.45) is 0 Å². The lowest BCUT2D eigenvalue weighted by molar-refractivity contribution is -1.02. The molecule has 0 saturated carbocycles. The minimum atomic E-state index is -0.0522. The van der Waals surface area contributed by atoms with Crippen molar-refractivity contribution in [3.05, 3.63) is 69.7 Å². The zero-order chi connectivity index (χ0) is 19.3. The first-order valence-electron chi connectivity index (χ1n) is 9.71. The first-order chi connectivity index (χ1) is 13.7. The van der Waals surface area contributed by atoms with Crippen LogP contribution >= 0.6 is 11.6 Å². The number of H-pyrrole nitrogens is 1. The van der Waals surface area contributed by atoms with Gasteiger partial charge in [-0.05, 0) is 36.4 Å². The number of nitrogens with zero attached hydrogens (tertiary/aromatic N) is 1. The van der Waals surface area contributed by atoms with E-state index in [1.54, 1.807) is 4.90 Å². The van der Waals surface area contributed by atoms with Gasteiger partial charge in [-0.3, -0.25) is 4.79 Å². The van der Waals surface area contributed by atoms with E-state index in [0.29, 0.717) is 12.0 Å². The summed E-state index contributed by atoms with van der Waals surface area (Å²) in [5, 5.41) is 1.37. The molecule has 28 heavy (non-hydrogen) atoms. The maximum absolute atomic E-state index is 12.2. The molecule has 2 aromatic carbocycles. The van der Waals surface area contributed by atoms with Crippen LogP contribution in [0.2, 0.25) is 5.02 Å². The van der Waals surface area contributed by atoms with Crippen LogP contribution in [0.25, 0.3) is 10.9 Å². The molecular formula is C21H25ClN4O2+2. The molecular weight excluding hydrogens is 376 g/mol. The molecule has 1 aromatic heterocycles. The summed E-state index contributed by atoms with van der Waals surface area (Å²) < 4.78 is 5.80. The average molecular weight is 401 g/mol. The average Bonchev–Trinajstić information content (AvgIpc) is 2.71. The maximum atomic E-state index is 12.2. The van der Waals surface area contributed by atoms with Crippen molar-refractivity contribution in [1.82, 2.24) is 9.97 Å². The molecule has 146 valence electrons. The number of aromatic amines is 1. The number of aromatic nitrogens is 2. The van der Waals surface area contributed by atoms with Gasteiger partial charge in [0.2, 0.25) is 0 Å². The van der Waals surface area contributed by atoms with E-state index in [0.717, 1.165) is 61.4 Å². The van der Waals surface area contributed by atoms with Gasteiger partial charge in [0.05, 0.1) is 10.9 Å². The largest absolute Gasteiger partial charge is 0.488 e. The molecule has 0 amide bonds. The number of benzene rings is 2. The quantitative estimate of drug-likeness (QED) is 0.543. The van der Waals surface area contributed by atoms with Crippen molar-refractivity contribution in [1.29, 1.82) is 0 Å². The minimum absolute atomic E-state index is 0.0522. The van der Waals surface area contributed by atoms with E-state index in [4.69, 9.17) is 16.3 Å². The van der Waals surface area contributed by atoms with Crippen molar-refractivity contribution in [2.75, 3.05) is 39.3 Å². The third-order valence-electron chi connectivity index (χ3n) is 5.28. The fourth-order valence-electron chi connectivity index (χ4n) is 3.68. The highest BCUT2D eigenvalue weighted by atomic mass is 35.5. The molecule has 4 rings (SSSR count). The summed E-state index contributed by atoms with van der Waals surface area (Å²) in [6, 6.07) is 15.0. The lowest BCUT2D eigenvalue weighted by Gasteiger charge is -2.29. The molecule has 1 aliphatic heterocycles. The van der Waals surface area contributed by atoms with Gasteiger partial charge in [0, 0.05) is 5.02 Å². The summed E-state index contributed by atoms with van der Waals surface area (Å²) >= 11 is 5.89. The molecule has 1 fully saturated rings. The van der Waals surface area contributed by atoms with Crippen LogP contribution in [0.5, 0.6) is 5.75 Å². The van der Waals surface area contributed by atoms with Crippen molar-refractivity contribution in [3.63, 3.8) is 0 Å². The number of rotatable bonds is 6. The second-order valence-electron chi connectivity index (χ2n) is 7.26. The molecule has 0 unspecified atom stereocenters. The highest BCUT2D eigenvalue weighted by molar-refractivity contribution is 6.30. The molecule has 3 aromatic rings. The number of hydrogen-bond acceptors (Lipinski definition) is 3. The topological polar surface area (TPSA) is 63.9 Å². The molecule has 0 atom stereocenters. The van der Waals surface area contributed by atoms with E-state index in [-0.39, 0.29) is 5.56 Å². The Kier molecular flexibility index (Phi) is 5.90. The SMILES string of the molecule is O=c1[nH]c(C[NH+]2CC[NH+](CCOc3ccc(Cl)cc3)CC2)nc2ccccc12. The Balaban J connectivity index is 1.25. The number of nitrogens with one attached hydrogen (secondary N) is 3. The zero-order valence-corrected chi connectivity index (χ0v) is 16.5. The summed E-state index contributed by atoms with van der Waals surface area (Å²) in [6.45, 7) is 6.76. The minimum Gasteiger partial charge on any atom is -0.488 e. The molecule has 1 aliphatic rings. The van der Waals surface area contributed by atoms with Gasteiger partial charge < -0.3 is 19.5 Å². The molecule has 2 heterocycles. The number of piperazine rings is 1. The van der Waals surface area contributed by atoms with Crippen LogP contribution < -0.4 is 20.1 Å². The number of fused-ring (bicyclic) bond motifs is 1. The smallest absolute Gasteiger partial charge is 0.258 e. The standard InChI is InChI=1S/C21H23ClN4O2/c22-16-5-7-17(8-6-16)28-14-13-25-9-11-26(12-10-25)15-20-23-19-4-2-1-3-18(19)21(27)24-20/h1-8H,9-15H2,(H,23,24,27)/p+2. The van der Waals surface area contributed by atoms with Gasteiger partial charge in [0.25, 0.3) is 5.56 Å². The second-order valence-corrected chi connectivity index (χ2v) is 7.70. The molecule has 7 heteroatoms. The van der Waals surface area contributed by atoms with Crippen LogP contribution in [0.15, 0.2) is 53.3 Å². The van der Waals surface area contributed by atoms with Gasteiger partial charge in [-0.25, -0.2) is 4.98 Å². The van der Waals surface area contributed by atoms with Crippen LogP contribution in [0.3, 0.4) is 0 Å². The lowest BCUT2D eigenvalue weighted by Crippen LogP contribution is -3.27. The third-order valence-corrected chi connectivity index (χ3v) is 5.53. The summed E-state index contributed by atoms with van der Waals surface area (Å²) in [7, 11) is 0. The number of halogens is 1. The number of para-hydroxylation sites is 1. The Morgan fingerprint density at radius 1 is 1.00 bits per heavy atom. The fraction of sp³-hybridized carbons (Fsp3) is 0.333. The van der Waals surface area contributed by atoms with Gasteiger partial charge in [-0.15, -0.1) is 0 Å². The summed E-state index contributed by atoms with van der Waals surface area (Å²) in [6.07, 6.45) is 0. The van der Waals surface area contributed by atoms with Crippen LogP contribution in [0, 0.1) is 0 Å². The predicted molar refractivity (Wildman–Crippen MR) is 109 cm³/mol. The van der Waals surface area contributed by atoms with Gasteiger partial charge in [-0.2, -0.15) is 0 Å². The van der Waals surface area contributed by atoms with E-state index in [9.17, 15) is 4.79 Å². The molecule has 1 saturated heterocycles. The van der Waals surface area contributed by atoms with E-state index >= 15 is 0 Å². The number of ether oxygens (including phenoxy) is 1. The maximum Gasteiger partial charge on any atom is 0.258 e. The van der Waals surface area contributed by atoms with Gasteiger partial charge in [0.15, 0.2) is 5.82 Å². The molecule has 0 radical (unpaired) electrons. The molecule has 0 spiro atoms. The Labute approximate surface area is 168 Å². The fourth-order valence-corrected chi connectivity index (χ4v) is 3.81. The molecule has 0 bridgehead atoms. The van der Waals surface area contributed by atoms with Crippen LogP contribution in [0.1, 0.15) is 5.82 Å². The van der Waals surface area contributed by atoms with Crippen LogP contribution in [-0.4, -0.2) is 49.3 Å². The highest BCUT2D eigenvalue weighted by Gasteiger charge is 2.23. The summed E-state index contributed by atoms with van der Waals surface area (Å²) in [5.41, 5.74) is 0.716. The van der Waals surface area contributed by atoms with E-state index in [2.05, 4.69) is 9.97 Å². The van der Waals surface area contributed by atoms with E-state index < -0.39 is 0 Å². The first-order valence-corrected chi connectivity index (χ1v) is 10.1. The molecule has 6 nitrogen and oxygen atoms in total. The van der Waals surface area contributed by atoms with Crippen LogP contribution in [-0.2, 0) is 6.54 Å². The van der Waals surface area contributed by atoms with Gasteiger partial charge >= 0.3 is 0 Å². The first kappa shape index (κ1) is 18.9. The lowest BCUT2D eigenvalue weighted by atomic mass is 10.2. The monoisotopic (exact) mass is 400 g/mol. The number of quaternary nitrogens is 2. The Bertz CT molecular complexity index is 982. The second kappa shape index (κ2) is 8.73. The summed E-state index contributed by atoms with van der Waals surface area (Å²) in [4.78, 5) is 22.8.